The summed E-state index contributed by atoms with van der Waals surface area (Å²) in [6.45, 7) is 0.325. The van der Waals surface area contributed by atoms with E-state index in [0.29, 0.717) is 12.3 Å². The number of aromatic nitrogens is 1. The smallest absolute Gasteiger partial charge is 0.419 e. The minimum atomic E-state index is -4.46. The van der Waals surface area contributed by atoms with E-state index in [1.54, 1.807) is 19.2 Å². The summed E-state index contributed by atoms with van der Waals surface area (Å²) in [7, 11) is 3.00. The third-order valence-electron chi connectivity index (χ3n) is 3.10. The molecule has 1 aromatic carbocycles. The highest BCUT2D eigenvalue weighted by Crippen LogP contribution is 2.35. The molecule has 0 amide bonds. The fourth-order valence-corrected chi connectivity index (χ4v) is 2.45. The van der Waals surface area contributed by atoms with Crippen LogP contribution in [0.15, 0.2) is 41.0 Å². The molecule has 0 aliphatic rings. The van der Waals surface area contributed by atoms with Gasteiger partial charge in [0, 0.05) is 0 Å². The van der Waals surface area contributed by atoms with Crippen molar-refractivity contribution in [3.8, 4) is 5.75 Å². The monoisotopic (exact) mass is 390 g/mol. The second kappa shape index (κ2) is 7.18. The van der Waals surface area contributed by atoms with E-state index < -0.39 is 11.7 Å². The highest BCUT2D eigenvalue weighted by Gasteiger charge is 2.34. The predicted octanol–water partition coefficient (Wildman–Crippen LogP) is 4.44. The Morgan fingerprint density at radius 3 is 2.22 bits per heavy atom. The minimum absolute atomic E-state index is 0.267. The molecule has 0 saturated carbocycles. The first-order valence-electron chi connectivity index (χ1n) is 6.53. The molecule has 0 bridgehead atoms. The van der Waals surface area contributed by atoms with E-state index in [2.05, 4.69) is 20.9 Å². The Morgan fingerprint density at radius 2 is 1.74 bits per heavy atom. The number of hydroxylamine groups is 1. The molecule has 4 nitrogen and oxygen atoms in total. The van der Waals surface area contributed by atoms with Gasteiger partial charge in [0.05, 0.1) is 26.3 Å². The zero-order chi connectivity index (χ0) is 17.0. The van der Waals surface area contributed by atoms with E-state index in [-0.39, 0.29) is 10.4 Å². The van der Waals surface area contributed by atoms with Crippen LogP contribution < -0.4 is 9.80 Å². The molecule has 0 unspecified atom stereocenters. The molecule has 0 aliphatic carbocycles. The summed E-state index contributed by atoms with van der Waals surface area (Å²) in [4.78, 5) is 9.13. The Hall–Kier alpha value is -1.80. The summed E-state index contributed by atoms with van der Waals surface area (Å²) in [6.07, 6.45) is -4.46. The molecule has 8 heteroatoms. The fraction of sp³-hybridized carbons (Fsp3) is 0.267. The zero-order valence-corrected chi connectivity index (χ0v) is 14.0. The van der Waals surface area contributed by atoms with Crippen molar-refractivity contribution in [2.24, 2.45) is 0 Å². The van der Waals surface area contributed by atoms with Gasteiger partial charge in [-0.25, -0.2) is 10.0 Å². The largest absolute Gasteiger partial charge is 0.497 e. The van der Waals surface area contributed by atoms with E-state index in [0.717, 1.165) is 11.6 Å². The first-order valence-corrected chi connectivity index (χ1v) is 7.32. The van der Waals surface area contributed by atoms with Crippen molar-refractivity contribution in [2.45, 2.75) is 12.7 Å². The number of anilines is 1. The first kappa shape index (κ1) is 17.6. The third kappa shape index (κ3) is 4.35. The van der Waals surface area contributed by atoms with E-state index >= 15 is 0 Å². The maximum atomic E-state index is 12.8. The summed E-state index contributed by atoms with van der Waals surface area (Å²) < 4.78 is 43.1. The maximum Gasteiger partial charge on any atom is 0.419 e. The van der Waals surface area contributed by atoms with Gasteiger partial charge >= 0.3 is 6.18 Å². The van der Waals surface area contributed by atoms with Crippen molar-refractivity contribution in [2.75, 3.05) is 19.3 Å². The quantitative estimate of drug-likeness (QED) is 0.558. The number of hydrogen-bond acceptors (Lipinski definition) is 4. The van der Waals surface area contributed by atoms with Crippen LogP contribution in [-0.2, 0) is 17.6 Å². The molecule has 2 rings (SSSR count). The van der Waals surface area contributed by atoms with Gasteiger partial charge in [0.1, 0.15) is 10.4 Å². The van der Waals surface area contributed by atoms with Crippen molar-refractivity contribution >= 4 is 21.7 Å². The van der Waals surface area contributed by atoms with Crippen molar-refractivity contribution in [3.05, 3.63) is 52.1 Å². The normalized spacial score (nSPS) is 11.4. The van der Waals surface area contributed by atoms with Crippen molar-refractivity contribution in [3.63, 3.8) is 0 Å². The van der Waals surface area contributed by atoms with Gasteiger partial charge in [-0.15, -0.1) is 0 Å². The number of hydrogen-bond donors (Lipinski definition) is 0. The lowest BCUT2D eigenvalue weighted by Gasteiger charge is -2.21. The molecule has 0 radical (unpaired) electrons. The van der Waals surface area contributed by atoms with Crippen LogP contribution in [0.25, 0.3) is 0 Å². The second-order valence-electron chi connectivity index (χ2n) is 4.57. The van der Waals surface area contributed by atoms with Crippen molar-refractivity contribution in [1.82, 2.24) is 4.98 Å². The standard InChI is InChI=1S/C15H14BrF3N2O2/c1-22-11-5-3-10(4-6-11)9-21(23-2)13-8-7-12(14(16)20-13)15(17,18)19/h3-8H,9H2,1-2H3. The number of methoxy groups -OCH3 is 1. The van der Waals surface area contributed by atoms with E-state index in [1.165, 1.54) is 18.2 Å². The van der Waals surface area contributed by atoms with Crippen molar-refractivity contribution in [1.29, 1.82) is 0 Å². The van der Waals surface area contributed by atoms with Crippen LogP contribution in [0.3, 0.4) is 0 Å². The number of nitrogens with zero attached hydrogens (tertiary/aromatic N) is 2. The van der Waals surface area contributed by atoms with Crippen LogP contribution in [0.2, 0.25) is 0 Å². The summed E-state index contributed by atoms with van der Waals surface area (Å²) in [5.41, 5.74) is 0.0622. The lowest BCUT2D eigenvalue weighted by atomic mass is 10.2. The SMILES string of the molecule is COc1ccc(CN(OC)c2ccc(C(F)(F)F)c(Br)n2)cc1. The molecule has 0 atom stereocenters. The molecule has 0 saturated heterocycles. The molecule has 0 N–H and O–H groups in total. The van der Waals surface area contributed by atoms with E-state index in [4.69, 9.17) is 9.57 Å². The van der Waals surface area contributed by atoms with Gasteiger partial charge in [-0.2, -0.15) is 13.2 Å². The van der Waals surface area contributed by atoms with Gasteiger partial charge < -0.3 is 4.74 Å². The summed E-state index contributed by atoms with van der Waals surface area (Å²) >= 11 is 2.85. The zero-order valence-electron chi connectivity index (χ0n) is 12.4. The van der Waals surface area contributed by atoms with Crippen LogP contribution in [0.1, 0.15) is 11.1 Å². The van der Waals surface area contributed by atoms with Gasteiger partial charge in [0.25, 0.3) is 0 Å². The highest BCUT2D eigenvalue weighted by molar-refractivity contribution is 9.10. The molecule has 1 aromatic heterocycles. The lowest BCUT2D eigenvalue weighted by molar-refractivity contribution is -0.138. The molecule has 0 fully saturated rings. The van der Waals surface area contributed by atoms with Gasteiger partial charge in [-0.1, -0.05) is 12.1 Å². The summed E-state index contributed by atoms with van der Waals surface area (Å²) in [6, 6.07) is 9.49. The van der Waals surface area contributed by atoms with Gasteiger partial charge in [0.2, 0.25) is 0 Å². The molecule has 0 aliphatic heterocycles. The third-order valence-corrected chi connectivity index (χ3v) is 3.71. The first-order chi connectivity index (χ1) is 10.8. The highest BCUT2D eigenvalue weighted by atomic mass is 79.9. The molecule has 1 heterocycles. The van der Waals surface area contributed by atoms with Gasteiger partial charge in [-0.3, -0.25) is 4.84 Å². The van der Waals surface area contributed by atoms with Gasteiger partial charge in [0.15, 0.2) is 5.82 Å². The molecular weight excluding hydrogens is 377 g/mol. The van der Waals surface area contributed by atoms with Crippen LogP contribution >= 0.6 is 15.9 Å². The van der Waals surface area contributed by atoms with E-state index in [9.17, 15) is 13.2 Å². The van der Waals surface area contributed by atoms with Crippen LogP contribution in [0.4, 0.5) is 19.0 Å². The molecule has 23 heavy (non-hydrogen) atoms. The molecule has 124 valence electrons. The summed E-state index contributed by atoms with van der Waals surface area (Å²) in [5.74, 6) is 0.983. The van der Waals surface area contributed by atoms with Crippen LogP contribution in [0, 0.1) is 0 Å². The number of rotatable bonds is 5. The molecule has 2 aromatic rings. The van der Waals surface area contributed by atoms with Gasteiger partial charge in [-0.05, 0) is 45.8 Å². The summed E-state index contributed by atoms with van der Waals surface area (Å²) in [5, 5.41) is 1.40. The van der Waals surface area contributed by atoms with E-state index in [1.807, 2.05) is 12.1 Å². The Balaban J connectivity index is 2.21. The molecular formula is C15H14BrF3N2O2. The van der Waals surface area contributed by atoms with Crippen molar-refractivity contribution < 1.29 is 22.7 Å². The Labute approximate surface area is 139 Å². The number of ether oxygens (including phenoxy) is 1. The Morgan fingerprint density at radius 1 is 1.09 bits per heavy atom. The van der Waals surface area contributed by atoms with Crippen LogP contribution in [0.5, 0.6) is 5.75 Å². The maximum absolute atomic E-state index is 12.8. The average Bonchev–Trinajstić information content (AvgIpc) is 2.51. The number of halogens is 4. The second-order valence-corrected chi connectivity index (χ2v) is 5.32. The lowest BCUT2D eigenvalue weighted by Crippen LogP contribution is -2.22. The predicted molar refractivity (Wildman–Crippen MR) is 83.1 cm³/mol. The molecule has 0 spiro atoms. The number of benzene rings is 1. The minimum Gasteiger partial charge on any atom is -0.497 e. The van der Waals surface area contributed by atoms with Crippen LogP contribution in [-0.4, -0.2) is 19.2 Å². The number of alkyl halides is 3. The fourth-order valence-electron chi connectivity index (χ4n) is 1.91. The Kier molecular flexibility index (Phi) is 5.48. The topological polar surface area (TPSA) is 34.6 Å². The Bertz CT molecular complexity index is 663. The average molecular weight is 391 g/mol. The number of pyridine rings is 1.